The number of carbonyl (C=O) groups is 1. The van der Waals surface area contributed by atoms with E-state index in [4.69, 9.17) is 0 Å². The molecule has 1 fully saturated rings. The minimum atomic E-state index is -3.51. The molecule has 120 valence electrons. The Bertz CT molecular complexity index is 691. The van der Waals surface area contributed by atoms with Crippen LogP contribution in [0.3, 0.4) is 0 Å². The highest BCUT2D eigenvalue weighted by Crippen LogP contribution is 2.20. The Kier molecular flexibility index (Phi) is 4.92. The molecular weight excluding hydrogens is 314 g/mol. The van der Waals surface area contributed by atoms with E-state index in [0.29, 0.717) is 13.0 Å². The molecule has 0 unspecified atom stereocenters. The monoisotopic (exact) mass is 330 g/mol. The Morgan fingerprint density at radius 2 is 2.18 bits per heavy atom. The van der Waals surface area contributed by atoms with Crippen LogP contribution in [0.2, 0.25) is 0 Å². The van der Waals surface area contributed by atoms with Crippen LogP contribution >= 0.6 is 0 Å². The van der Waals surface area contributed by atoms with E-state index in [9.17, 15) is 22.0 Å². The van der Waals surface area contributed by atoms with Crippen LogP contribution < -0.4 is 4.72 Å². The van der Waals surface area contributed by atoms with Crippen LogP contribution in [0.4, 0.5) is 8.78 Å². The van der Waals surface area contributed by atoms with E-state index in [1.807, 2.05) is 0 Å². The van der Waals surface area contributed by atoms with Crippen molar-refractivity contribution in [2.45, 2.75) is 6.42 Å². The van der Waals surface area contributed by atoms with Crippen molar-refractivity contribution in [1.29, 1.82) is 0 Å². The summed E-state index contributed by atoms with van der Waals surface area (Å²) >= 11 is 0. The average molecular weight is 330 g/mol. The zero-order chi connectivity index (χ0) is 16.3. The second-order valence-electron chi connectivity index (χ2n) is 5.09. The first kappa shape index (κ1) is 16.6. The number of sulfonamides is 1. The zero-order valence-electron chi connectivity index (χ0n) is 11.8. The van der Waals surface area contributed by atoms with Gasteiger partial charge in [-0.05, 0) is 30.5 Å². The molecule has 1 saturated heterocycles. The van der Waals surface area contributed by atoms with Crippen LogP contribution in [-0.4, -0.2) is 38.9 Å². The lowest BCUT2D eigenvalue weighted by Gasteiger charge is -2.17. The normalized spacial score (nSPS) is 18.5. The van der Waals surface area contributed by atoms with Gasteiger partial charge in [-0.3, -0.25) is 4.79 Å². The summed E-state index contributed by atoms with van der Waals surface area (Å²) in [6.07, 6.45) is 0.586. The maximum atomic E-state index is 13.6. The van der Waals surface area contributed by atoms with Crippen LogP contribution in [0.15, 0.2) is 30.2 Å². The first-order valence-electron chi connectivity index (χ1n) is 6.69. The highest BCUT2D eigenvalue weighted by atomic mass is 32.2. The molecule has 8 heteroatoms. The van der Waals surface area contributed by atoms with Gasteiger partial charge in [0.25, 0.3) is 5.91 Å². The van der Waals surface area contributed by atoms with Gasteiger partial charge in [0.1, 0.15) is 11.6 Å². The topological polar surface area (TPSA) is 66.5 Å². The maximum absolute atomic E-state index is 13.6. The number of carbonyl (C=O) groups excluding carboxylic acids is 1. The number of hydrogen-bond acceptors (Lipinski definition) is 3. The molecule has 1 N–H and O–H groups in total. The van der Waals surface area contributed by atoms with E-state index in [2.05, 4.69) is 11.3 Å². The zero-order valence-corrected chi connectivity index (χ0v) is 12.6. The van der Waals surface area contributed by atoms with Gasteiger partial charge >= 0.3 is 0 Å². The summed E-state index contributed by atoms with van der Waals surface area (Å²) in [6.45, 7) is 4.01. The number of likely N-dealkylation sites (tertiary alicyclic amines) is 1. The number of nitrogens with one attached hydrogen (secondary N) is 1. The summed E-state index contributed by atoms with van der Waals surface area (Å²) in [6, 6.07) is 2.72. The highest BCUT2D eigenvalue weighted by Gasteiger charge is 2.29. The van der Waals surface area contributed by atoms with Crippen molar-refractivity contribution < 1.29 is 22.0 Å². The molecule has 0 aromatic heterocycles. The van der Waals surface area contributed by atoms with Crippen LogP contribution in [0.5, 0.6) is 0 Å². The fraction of sp³-hybridized carbons (Fsp3) is 0.357. The fourth-order valence-corrected chi connectivity index (χ4v) is 2.89. The van der Waals surface area contributed by atoms with Crippen molar-refractivity contribution in [3.63, 3.8) is 0 Å². The van der Waals surface area contributed by atoms with E-state index >= 15 is 0 Å². The van der Waals surface area contributed by atoms with Crippen LogP contribution in [0, 0.1) is 17.6 Å². The first-order chi connectivity index (χ1) is 10.3. The lowest BCUT2D eigenvalue weighted by Crippen LogP contribution is -2.32. The average Bonchev–Trinajstić information content (AvgIpc) is 2.96. The molecule has 2 rings (SSSR count). The summed E-state index contributed by atoms with van der Waals surface area (Å²) in [5.74, 6) is -2.12. The van der Waals surface area contributed by atoms with Crippen LogP contribution in [0.1, 0.15) is 16.8 Å². The molecule has 5 nitrogen and oxygen atoms in total. The number of rotatable bonds is 5. The summed E-state index contributed by atoms with van der Waals surface area (Å²) in [5.41, 5.74) is -0.313. The third kappa shape index (κ3) is 3.89. The number of hydrogen-bond donors (Lipinski definition) is 1. The Hall–Kier alpha value is -1.80. The summed E-state index contributed by atoms with van der Waals surface area (Å²) < 4.78 is 51.6. The van der Waals surface area contributed by atoms with Crippen LogP contribution in [-0.2, 0) is 10.0 Å². The predicted molar refractivity (Wildman–Crippen MR) is 77.5 cm³/mol. The summed E-state index contributed by atoms with van der Waals surface area (Å²) in [7, 11) is -3.51. The van der Waals surface area contributed by atoms with Gasteiger partial charge in [-0.1, -0.05) is 6.58 Å². The van der Waals surface area contributed by atoms with Crippen molar-refractivity contribution in [1.82, 2.24) is 9.62 Å². The van der Waals surface area contributed by atoms with Crippen molar-refractivity contribution in [3.8, 4) is 0 Å². The van der Waals surface area contributed by atoms with Crippen molar-refractivity contribution >= 4 is 15.9 Å². The molecule has 1 amide bonds. The number of benzene rings is 1. The molecule has 22 heavy (non-hydrogen) atoms. The van der Waals surface area contributed by atoms with Gasteiger partial charge < -0.3 is 4.90 Å². The molecule has 0 bridgehead atoms. The lowest BCUT2D eigenvalue weighted by molar-refractivity contribution is 0.0782. The van der Waals surface area contributed by atoms with E-state index in [1.54, 1.807) is 0 Å². The van der Waals surface area contributed by atoms with Crippen molar-refractivity contribution in [3.05, 3.63) is 47.4 Å². The maximum Gasteiger partial charge on any atom is 0.256 e. The molecule has 0 radical (unpaired) electrons. The highest BCUT2D eigenvalue weighted by molar-refractivity contribution is 7.92. The minimum absolute atomic E-state index is 0.0738. The SMILES string of the molecule is C=CS(=O)(=O)NC[C@H]1CCN(C(=O)c2cc(F)ccc2F)C1. The minimum Gasteiger partial charge on any atom is -0.338 e. The molecule has 1 aromatic rings. The molecule has 1 heterocycles. The van der Waals surface area contributed by atoms with Gasteiger partial charge in [0.05, 0.1) is 5.56 Å². The molecule has 1 aromatic carbocycles. The van der Waals surface area contributed by atoms with Gasteiger partial charge in [-0.25, -0.2) is 21.9 Å². The largest absolute Gasteiger partial charge is 0.338 e. The fourth-order valence-electron chi connectivity index (χ4n) is 2.31. The Morgan fingerprint density at radius 3 is 2.86 bits per heavy atom. The van der Waals surface area contributed by atoms with Gasteiger partial charge in [0.15, 0.2) is 0 Å². The van der Waals surface area contributed by atoms with Gasteiger partial charge in [0, 0.05) is 25.0 Å². The Labute approximate surface area is 127 Å². The third-order valence-electron chi connectivity index (χ3n) is 3.52. The molecule has 1 atom stereocenters. The lowest BCUT2D eigenvalue weighted by atomic mass is 10.1. The van der Waals surface area contributed by atoms with Crippen LogP contribution in [0.25, 0.3) is 0 Å². The first-order valence-corrected chi connectivity index (χ1v) is 8.23. The predicted octanol–water partition coefficient (Wildman–Crippen LogP) is 1.49. The Balaban J connectivity index is 1.99. The van der Waals surface area contributed by atoms with E-state index in [-0.39, 0.29) is 24.6 Å². The van der Waals surface area contributed by atoms with E-state index in [0.717, 1.165) is 23.6 Å². The number of halogens is 2. The second kappa shape index (κ2) is 6.53. The standard InChI is InChI=1S/C14H16F2N2O3S/c1-2-22(20,21)17-8-10-5-6-18(9-10)14(19)12-7-11(15)3-4-13(12)16/h2-4,7,10,17H,1,5-6,8-9H2/t10-/m1/s1. The molecule has 1 aliphatic heterocycles. The molecular formula is C14H16F2N2O3S. The number of amides is 1. The molecule has 0 spiro atoms. The van der Waals surface area contributed by atoms with E-state index < -0.39 is 27.6 Å². The Morgan fingerprint density at radius 1 is 1.45 bits per heavy atom. The van der Waals surface area contributed by atoms with E-state index in [1.165, 1.54) is 4.90 Å². The summed E-state index contributed by atoms with van der Waals surface area (Å²) in [5, 5.41) is 0.812. The second-order valence-corrected chi connectivity index (χ2v) is 6.80. The molecule has 0 aliphatic carbocycles. The molecule has 0 saturated carbocycles. The van der Waals surface area contributed by atoms with Gasteiger partial charge in [0.2, 0.25) is 10.0 Å². The van der Waals surface area contributed by atoms with Gasteiger partial charge in [-0.2, -0.15) is 0 Å². The molecule has 1 aliphatic rings. The van der Waals surface area contributed by atoms with Crippen molar-refractivity contribution in [2.24, 2.45) is 5.92 Å². The van der Waals surface area contributed by atoms with Gasteiger partial charge in [-0.15, -0.1) is 0 Å². The van der Waals surface area contributed by atoms with Crippen molar-refractivity contribution in [2.75, 3.05) is 19.6 Å². The third-order valence-corrected chi connectivity index (χ3v) is 4.53. The quantitative estimate of drug-likeness (QED) is 0.889. The number of nitrogens with zero attached hydrogens (tertiary/aromatic N) is 1. The summed E-state index contributed by atoms with van der Waals surface area (Å²) in [4.78, 5) is 13.6. The smallest absolute Gasteiger partial charge is 0.256 e.